The van der Waals surface area contributed by atoms with Gasteiger partial charge in [0.25, 0.3) is 0 Å². The molecule has 0 aliphatic carbocycles. The van der Waals surface area contributed by atoms with Gasteiger partial charge in [0.15, 0.2) is 0 Å². The number of rotatable bonds is 5. The highest BCUT2D eigenvalue weighted by Gasteiger charge is 2.40. The molecule has 1 aliphatic rings. The van der Waals surface area contributed by atoms with Gasteiger partial charge in [-0.2, -0.15) is 5.10 Å². The third kappa shape index (κ3) is 3.08. The maximum Gasteiger partial charge on any atom is 0.329 e. The highest BCUT2D eigenvalue weighted by molar-refractivity contribution is 6.30. The number of likely N-dealkylation sites (tertiary alicyclic amines) is 1. The van der Waals surface area contributed by atoms with Crippen LogP contribution in [0.1, 0.15) is 18.2 Å². The van der Waals surface area contributed by atoms with Crippen molar-refractivity contribution in [2.24, 2.45) is 7.05 Å². The summed E-state index contributed by atoms with van der Waals surface area (Å²) in [5.41, 5.74) is 1.57. The second-order valence-corrected chi connectivity index (χ2v) is 5.61. The van der Waals surface area contributed by atoms with E-state index in [1.165, 1.54) is 0 Å². The standard InChI is InChI=1S/C12H18ClN3O3/c1-8-9(11(13)15(3)14-8)4-16-6-12(2,7-16)19-5-10(17)18/h4-7H2,1-3H3,(H,17,18). The van der Waals surface area contributed by atoms with Crippen LogP contribution < -0.4 is 0 Å². The fourth-order valence-corrected chi connectivity index (χ4v) is 2.65. The van der Waals surface area contributed by atoms with Gasteiger partial charge in [0.1, 0.15) is 11.8 Å². The second kappa shape index (κ2) is 5.11. The van der Waals surface area contributed by atoms with Crippen LogP contribution in [0.15, 0.2) is 0 Å². The molecule has 106 valence electrons. The van der Waals surface area contributed by atoms with E-state index >= 15 is 0 Å². The Balaban J connectivity index is 1.89. The van der Waals surface area contributed by atoms with Crippen molar-refractivity contribution in [2.45, 2.75) is 26.0 Å². The Morgan fingerprint density at radius 1 is 1.58 bits per heavy atom. The SMILES string of the molecule is Cc1nn(C)c(Cl)c1CN1CC(C)(OCC(=O)O)C1. The molecule has 6 nitrogen and oxygen atoms in total. The van der Waals surface area contributed by atoms with Gasteiger partial charge >= 0.3 is 5.97 Å². The van der Waals surface area contributed by atoms with Gasteiger partial charge in [-0.1, -0.05) is 11.6 Å². The van der Waals surface area contributed by atoms with Gasteiger partial charge in [-0.25, -0.2) is 4.79 Å². The number of nitrogens with zero attached hydrogens (tertiary/aromatic N) is 3. The summed E-state index contributed by atoms with van der Waals surface area (Å²) >= 11 is 6.18. The first kappa shape index (κ1) is 14.3. The molecule has 1 saturated heterocycles. The van der Waals surface area contributed by atoms with Crippen LogP contribution in [0, 0.1) is 6.92 Å². The molecule has 1 aliphatic heterocycles. The van der Waals surface area contributed by atoms with Gasteiger partial charge in [0.2, 0.25) is 0 Å². The minimum absolute atomic E-state index is 0.253. The number of hydrogen-bond donors (Lipinski definition) is 1. The van der Waals surface area contributed by atoms with Crippen LogP contribution in [-0.2, 0) is 23.1 Å². The van der Waals surface area contributed by atoms with E-state index in [-0.39, 0.29) is 12.2 Å². The van der Waals surface area contributed by atoms with Gasteiger partial charge in [0.05, 0.1) is 11.3 Å². The van der Waals surface area contributed by atoms with Crippen molar-refractivity contribution in [2.75, 3.05) is 19.7 Å². The summed E-state index contributed by atoms with van der Waals surface area (Å²) in [6.07, 6.45) is 0. The Morgan fingerprint density at radius 2 is 2.21 bits per heavy atom. The largest absolute Gasteiger partial charge is 0.480 e. The van der Waals surface area contributed by atoms with Crippen molar-refractivity contribution in [1.29, 1.82) is 0 Å². The highest BCUT2D eigenvalue weighted by Crippen LogP contribution is 2.29. The van der Waals surface area contributed by atoms with Crippen LogP contribution in [-0.4, -0.2) is 51.1 Å². The van der Waals surface area contributed by atoms with Crippen molar-refractivity contribution in [3.05, 3.63) is 16.4 Å². The first-order chi connectivity index (χ1) is 8.81. The van der Waals surface area contributed by atoms with Gasteiger partial charge in [-0.15, -0.1) is 0 Å². The first-order valence-electron chi connectivity index (χ1n) is 6.07. The van der Waals surface area contributed by atoms with Crippen molar-refractivity contribution in [3.63, 3.8) is 0 Å². The molecule has 1 aromatic rings. The summed E-state index contributed by atoms with van der Waals surface area (Å²) < 4.78 is 7.02. The van der Waals surface area contributed by atoms with E-state index in [0.29, 0.717) is 24.8 Å². The fraction of sp³-hybridized carbons (Fsp3) is 0.667. The van der Waals surface area contributed by atoms with E-state index in [4.69, 9.17) is 21.4 Å². The molecule has 0 amide bonds. The summed E-state index contributed by atoms with van der Waals surface area (Å²) in [5.74, 6) is -0.939. The smallest absolute Gasteiger partial charge is 0.329 e. The van der Waals surface area contributed by atoms with Crippen LogP contribution in [0.5, 0.6) is 0 Å². The summed E-state index contributed by atoms with van der Waals surface area (Å²) in [5, 5.41) is 13.5. The summed E-state index contributed by atoms with van der Waals surface area (Å²) in [7, 11) is 1.81. The third-order valence-corrected chi connectivity index (χ3v) is 3.78. The Morgan fingerprint density at radius 3 is 2.68 bits per heavy atom. The van der Waals surface area contributed by atoms with E-state index in [1.54, 1.807) is 4.68 Å². The number of ether oxygens (including phenoxy) is 1. The van der Waals surface area contributed by atoms with E-state index in [9.17, 15) is 4.79 Å². The number of carboxylic acids is 1. The van der Waals surface area contributed by atoms with Gasteiger partial charge in [0, 0.05) is 32.2 Å². The number of aromatic nitrogens is 2. The fourth-order valence-electron chi connectivity index (χ4n) is 2.42. The molecule has 19 heavy (non-hydrogen) atoms. The van der Waals surface area contributed by atoms with Crippen molar-refractivity contribution < 1.29 is 14.6 Å². The predicted octanol–water partition coefficient (Wildman–Crippen LogP) is 1.06. The number of aryl methyl sites for hydroxylation is 2. The number of aliphatic carboxylic acids is 1. The maximum absolute atomic E-state index is 10.5. The van der Waals surface area contributed by atoms with Crippen LogP contribution in [0.4, 0.5) is 0 Å². The van der Waals surface area contributed by atoms with Gasteiger partial charge in [-0.05, 0) is 13.8 Å². The molecule has 0 spiro atoms. The molecular formula is C12H18ClN3O3. The number of hydrogen-bond acceptors (Lipinski definition) is 4. The molecule has 0 bridgehead atoms. The lowest BCUT2D eigenvalue weighted by molar-refractivity contribution is -0.165. The van der Waals surface area contributed by atoms with Gasteiger partial charge < -0.3 is 9.84 Å². The van der Waals surface area contributed by atoms with Crippen molar-refractivity contribution in [1.82, 2.24) is 14.7 Å². The molecule has 0 saturated carbocycles. The molecule has 1 N–H and O–H groups in total. The van der Waals surface area contributed by atoms with E-state index in [0.717, 1.165) is 11.3 Å². The molecule has 0 radical (unpaired) electrons. The minimum atomic E-state index is -0.939. The summed E-state index contributed by atoms with van der Waals surface area (Å²) in [6.45, 7) is 5.71. The number of carbonyl (C=O) groups is 1. The first-order valence-corrected chi connectivity index (χ1v) is 6.44. The lowest BCUT2D eigenvalue weighted by atomic mass is 9.95. The van der Waals surface area contributed by atoms with Crippen LogP contribution in [0.3, 0.4) is 0 Å². The lowest BCUT2D eigenvalue weighted by Crippen LogP contribution is -2.61. The topological polar surface area (TPSA) is 67.6 Å². The van der Waals surface area contributed by atoms with Crippen molar-refractivity contribution in [3.8, 4) is 0 Å². The van der Waals surface area contributed by atoms with Crippen molar-refractivity contribution >= 4 is 17.6 Å². The molecule has 1 fully saturated rings. The third-order valence-electron chi connectivity index (χ3n) is 3.31. The van der Waals surface area contributed by atoms with Gasteiger partial charge in [-0.3, -0.25) is 9.58 Å². The maximum atomic E-state index is 10.5. The average Bonchev–Trinajstić information content (AvgIpc) is 2.51. The average molecular weight is 288 g/mol. The molecule has 0 unspecified atom stereocenters. The number of carboxylic acid groups (broad SMARTS) is 1. The van der Waals surface area contributed by atoms with E-state index < -0.39 is 5.97 Å². The Bertz CT molecular complexity index is 495. The Kier molecular flexibility index (Phi) is 3.85. The predicted molar refractivity (Wildman–Crippen MR) is 70.2 cm³/mol. The Labute approximate surface area is 116 Å². The molecule has 7 heteroatoms. The zero-order valence-electron chi connectivity index (χ0n) is 11.3. The quantitative estimate of drug-likeness (QED) is 0.877. The van der Waals surface area contributed by atoms with E-state index in [2.05, 4.69) is 10.00 Å². The molecular weight excluding hydrogens is 270 g/mol. The van der Waals surface area contributed by atoms with E-state index in [1.807, 2.05) is 20.9 Å². The molecule has 1 aromatic heterocycles. The summed E-state index contributed by atoms with van der Waals surface area (Å²) in [4.78, 5) is 12.6. The zero-order valence-corrected chi connectivity index (χ0v) is 12.1. The van der Waals surface area contributed by atoms with Crippen LogP contribution >= 0.6 is 11.6 Å². The lowest BCUT2D eigenvalue weighted by Gasteiger charge is -2.47. The molecule has 0 atom stereocenters. The van der Waals surface area contributed by atoms with Crippen LogP contribution in [0.2, 0.25) is 5.15 Å². The molecule has 2 rings (SSSR count). The molecule has 0 aromatic carbocycles. The number of halogens is 1. The Hall–Kier alpha value is -1.11. The highest BCUT2D eigenvalue weighted by atomic mass is 35.5. The monoisotopic (exact) mass is 287 g/mol. The second-order valence-electron chi connectivity index (χ2n) is 5.26. The zero-order chi connectivity index (χ0) is 14.2. The molecule has 2 heterocycles. The summed E-state index contributed by atoms with van der Waals surface area (Å²) in [6, 6.07) is 0. The van der Waals surface area contributed by atoms with Crippen LogP contribution in [0.25, 0.3) is 0 Å². The normalized spacial score (nSPS) is 18.3. The minimum Gasteiger partial charge on any atom is -0.480 e.